The molecule has 1 spiro atoms. The molecular formula is C18H20N4O3. The maximum absolute atomic E-state index is 12.2. The fourth-order valence-electron chi connectivity index (χ4n) is 3.64. The molecule has 25 heavy (non-hydrogen) atoms. The van der Waals surface area contributed by atoms with Crippen molar-refractivity contribution in [3.8, 4) is 11.4 Å². The number of aromatic nitrogens is 3. The maximum Gasteiger partial charge on any atom is 0.248 e. The van der Waals surface area contributed by atoms with E-state index in [0.29, 0.717) is 32.1 Å². The lowest BCUT2D eigenvalue weighted by molar-refractivity contribution is -0.134. The van der Waals surface area contributed by atoms with E-state index >= 15 is 0 Å². The van der Waals surface area contributed by atoms with Crippen molar-refractivity contribution in [2.75, 3.05) is 33.4 Å². The van der Waals surface area contributed by atoms with Gasteiger partial charge in [0.25, 0.3) is 0 Å². The summed E-state index contributed by atoms with van der Waals surface area (Å²) >= 11 is 0. The van der Waals surface area contributed by atoms with Gasteiger partial charge in [-0.3, -0.25) is 9.78 Å². The molecule has 4 heterocycles. The number of hydrogen-bond acceptors (Lipinski definition) is 6. The molecule has 1 amide bonds. The molecule has 7 heteroatoms. The van der Waals surface area contributed by atoms with Crippen molar-refractivity contribution in [1.29, 1.82) is 0 Å². The number of carbonyl (C=O) groups is 1. The van der Waals surface area contributed by atoms with E-state index in [4.69, 9.17) is 14.5 Å². The smallest absolute Gasteiger partial charge is 0.248 e. The third-order valence-corrected chi connectivity index (χ3v) is 4.90. The van der Waals surface area contributed by atoms with Gasteiger partial charge in [-0.25, -0.2) is 9.97 Å². The predicted molar refractivity (Wildman–Crippen MR) is 89.7 cm³/mol. The molecule has 0 aromatic carbocycles. The Kier molecular flexibility index (Phi) is 4.19. The predicted octanol–water partition coefficient (Wildman–Crippen LogP) is 1.19. The summed E-state index contributed by atoms with van der Waals surface area (Å²) in [4.78, 5) is 27.5. The number of methoxy groups -OCH3 is 1. The summed E-state index contributed by atoms with van der Waals surface area (Å²) in [5.74, 6) is 0.669. The van der Waals surface area contributed by atoms with Crippen LogP contribution in [0.15, 0.2) is 30.7 Å². The van der Waals surface area contributed by atoms with Gasteiger partial charge >= 0.3 is 0 Å². The number of amides is 1. The zero-order valence-corrected chi connectivity index (χ0v) is 14.1. The fraction of sp³-hybridized carbons (Fsp3) is 0.444. The van der Waals surface area contributed by atoms with E-state index in [1.54, 1.807) is 12.4 Å². The van der Waals surface area contributed by atoms with Gasteiger partial charge < -0.3 is 14.4 Å². The molecule has 0 bridgehead atoms. The summed E-state index contributed by atoms with van der Waals surface area (Å²) in [6, 6.07) is 3.82. The number of nitrogens with zero attached hydrogens (tertiary/aromatic N) is 4. The van der Waals surface area contributed by atoms with Crippen molar-refractivity contribution in [3.63, 3.8) is 0 Å². The SMILES string of the molecule is COCC(=O)N1CC[C@]2(COCc3cnc(-c4cccnc4)nc32)C1. The van der Waals surface area contributed by atoms with E-state index in [1.807, 2.05) is 23.2 Å². The highest BCUT2D eigenvalue weighted by molar-refractivity contribution is 5.78. The molecule has 2 aromatic rings. The molecule has 0 unspecified atom stereocenters. The molecule has 130 valence electrons. The van der Waals surface area contributed by atoms with Crippen LogP contribution in [0.25, 0.3) is 11.4 Å². The first-order valence-corrected chi connectivity index (χ1v) is 8.33. The molecule has 1 atom stereocenters. The van der Waals surface area contributed by atoms with Crippen molar-refractivity contribution in [3.05, 3.63) is 42.0 Å². The Balaban J connectivity index is 1.69. The molecule has 7 nitrogen and oxygen atoms in total. The van der Waals surface area contributed by atoms with Crippen molar-refractivity contribution < 1.29 is 14.3 Å². The van der Waals surface area contributed by atoms with Crippen LogP contribution in [0.4, 0.5) is 0 Å². The van der Waals surface area contributed by atoms with Crippen LogP contribution in [-0.4, -0.2) is 59.2 Å². The van der Waals surface area contributed by atoms with Crippen molar-refractivity contribution in [1.82, 2.24) is 19.9 Å². The zero-order valence-electron chi connectivity index (χ0n) is 14.1. The summed E-state index contributed by atoms with van der Waals surface area (Å²) in [6.07, 6.45) is 6.16. The van der Waals surface area contributed by atoms with E-state index in [1.165, 1.54) is 7.11 Å². The zero-order chi connectivity index (χ0) is 17.3. The van der Waals surface area contributed by atoms with Crippen molar-refractivity contribution >= 4 is 5.91 Å². The second-order valence-corrected chi connectivity index (χ2v) is 6.58. The third kappa shape index (κ3) is 2.89. The number of fused-ring (bicyclic) bond motifs is 2. The summed E-state index contributed by atoms with van der Waals surface area (Å²) in [6.45, 7) is 2.48. The topological polar surface area (TPSA) is 77.4 Å². The van der Waals surface area contributed by atoms with Crippen LogP contribution >= 0.6 is 0 Å². The summed E-state index contributed by atoms with van der Waals surface area (Å²) in [5.41, 5.74) is 2.62. The highest BCUT2D eigenvalue weighted by atomic mass is 16.5. The number of rotatable bonds is 3. The number of ether oxygens (including phenoxy) is 2. The van der Waals surface area contributed by atoms with E-state index in [0.717, 1.165) is 23.2 Å². The number of carbonyl (C=O) groups excluding carboxylic acids is 1. The Bertz CT molecular complexity index is 783. The number of pyridine rings is 1. The van der Waals surface area contributed by atoms with E-state index in [9.17, 15) is 4.79 Å². The summed E-state index contributed by atoms with van der Waals surface area (Å²) in [7, 11) is 1.54. The first-order valence-electron chi connectivity index (χ1n) is 8.33. The second kappa shape index (κ2) is 6.50. The molecule has 2 aromatic heterocycles. The lowest BCUT2D eigenvalue weighted by Gasteiger charge is -2.34. The highest BCUT2D eigenvalue weighted by Gasteiger charge is 2.46. The second-order valence-electron chi connectivity index (χ2n) is 6.58. The molecule has 1 saturated heterocycles. The Morgan fingerprint density at radius 2 is 2.36 bits per heavy atom. The molecule has 0 saturated carbocycles. The Labute approximate surface area is 146 Å². The van der Waals surface area contributed by atoms with E-state index in [2.05, 4.69) is 9.97 Å². The molecule has 2 aliphatic rings. The first kappa shape index (κ1) is 16.1. The van der Waals surface area contributed by atoms with Gasteiger partial charge in [0, 0.05) is 49.9 Å². The minimum atomic E-state index is -0.267. The molecule has 0 aliphatic carbocycles. The van der Waals surface area contributed by atoms with Gasteiger partial charge in [0.15, 0.2) is 5.82 Å². The molecule has 2 aliphatic heterocycles. The van der Waals surface area contributed by atoms with E-state index in [-0.39, 0.29) is 17.9 Å². The average Bonchev–Trinajstić information content (AvgIpc) is 3.08. The lowest BCUT2D eigenvalue weighted by atomic mass is 9.80. The van der Waals surface area contributed by atoms with Crippen LogP contribution < -0.4 is 0 Å². The van der Waals surface area contributed by atoms with Crippen LogP contribution in [-0.2, 0) is 26.3 Å². The van der Waals surface area contributed by atoms with Crippen LogP contribution in [0.5, 0.6) is 0 Å². The van der Waals surface area contributed by atoms with E-state index < -0.39 is 0 Å². The molecule has 1 fully saturated rings. The van der Waals surface area contributed by atoms with Crippen LogP contribution in [0, 0.1) is 0 Å². The van der Waals surface area contributed by atoms with Crippen LogP contribution in [0.2, 0.25) is 0 Å². The van der Waals surface area contributed by atoms with Crippen molar-refractivity contribution in [2.24, 2.45) is 0 Å². The standard InChI is InChI=1S/C18H20N4O3/c1-24-10-15(23)22-6-4-18(11-22)12-25-9-14-8-20-17(21-16(14)18)13-3-2-5-19-7-13/h2-3,5,7-8H,4,6,9-12H2,1H3/t18-/m1/s1. The van der Waals surface area contributed by atoms with Crippen molar-refractivity contribution in [2.45, 2.75) is 18.4 Å². The molecule has 0 N–H and O–H groups in total. The fourth-order valence-corrected chi connectivity index (χ4v) is 3.64. The summed E-state index contributed by atoms with van der Waals surface area (Å²) < 4.78 is 10.8. The highest BCUT2D eigenvalue weighted by Crippen LogP contribution is 2.39. The monoisotopic (exact) mass is 340 g/mol. The van der Waals surface area contributed by atoms with Gasteiger partial charge in [-0.15, -0.1) is 0 Å². The molecular weight excluding hydrogens is 320 g/mol. The first-order chi connectivity index (χ1) is 12.2. The minimum absolute atomic E-state index is 0.00744. The normalized spacial score (nSPS) is 22.2. The Morgan fingerprint density at radius 1 is 1.44 bits per heavy atom. The quantitative estimate of drug-likeness (QED) is 0.835. The number of likely N-dealkylation sites (tertiary alicyclic amines) is 1. The van der Waals surface area contributed by atoms with Gasteiger partial charge in [-0.1, -0.05) is 0 Å². The Morgan fingerprint density at radius 3 is 3.16 bits per heavy atom. The largest absolute Gasteiger partial charge is 0.376 e. The van der Waals surface area contributed by atoms with Crippen LogP contribution in [0.1, 0.15) is 17.7 Å². The lowest BCUT2D eigenvalue weighted by Crippen LogP contribution is -2.42. The molecule has 4 rings (SSSR count). The van der Waals surface area contributed by atoms with Gasteiger partial charge in [0.1, 0.15) is 6.61 Å². The maximum atomic E-state index is 12.2. The average molecular weight is 340 g/mol. The van der Waals surface area contributed by atoms with Gasteiger partial charge in [0.05, 0.1) is 24.3 Å². The van der Waals surface area contributed by atoms with Crippen LogP contribution in [0.3, 0.4) is 0 Å². The van der Waals surface area contributed by atoms with Gasteiger partial charge in [-0.05, 0) is 18.6 Å². The molecule has 0 radical (unpaired) electrons. The van der Waals surface area contributed by atoms with Gasteiger partial charge in [-0.2, -0.15) is 0 Å². The number of hydrogen-bond donors (Lipinski definition) is 0. The third-order valence-electron chi connectivity index (χ3n) is 4.90. The Hall–Kier alpha value is -2.38. The minimum Gasteiger partial charge on any atom is -0.376 e. The van der Waals surface area contributed by atoms with Gasteiger partial charge in [0.2, 0.25) is 5.91 Å². The summed E-state index contributed by atoms with van der Waals surface area (Å²) in [5, 5.41) is 0.